The summed E-state index contributed by atoms with van der Waals surface area (Å²) in [6.07, 6.45) is 1.73. The molecule has 0 unspecified atom stereocenters. The maximum atomic E-state index is 9.54. The van der Waals surface area contributed by atoms with Crippen molar-refractivity contribution < 1.29 is 4.74 Å². The van der Waals surface area contributed by atoms with Gasteiger partial charge in [0.1, 0.15) is 11.6 Å². The van der Waals surface area contributed by atoms with Crippen LogP contribution in [0.1, 0.15) is 36.1 Å². The Hall–Kier alpha value is -2.16. The number of aryl methyl sites for hydroxylation is 1. The lowest BCUT2D eigenvalue weighted by Crippen LogP contribution is -2.21. The number of rotatable bonds is 3. The fourth-order valence-corrected chi connectivity index (χ4v) is 3.08. The number of fused-ring (bicyclic) bond motifs is 1. The van der Waals surface area contributed by atoms with Crippen molar-refractivity contribution in [2.24, 2.45) is 5.73 Å². The molecule has 1 aliphatic rings. The van der Waals surface area contributed by atoms with Gasteiger partial charge in [0.25, 0.3) is 0 Å². The molecule has 3 N–H and O–H groups in total. The van der Waals surface area contributed by atoms with Gasteiger partial charge in [-0.15, -0.1) is 5.10 Å². The molecule has 0 bridgehead atoms. The lowest BCUT2D eigenvalue weighted by molar-refractivity contribution is 0.378. The van der Waals surface area contributed by atoms with Crippen LogP contribution in [0.3, 0.4) is 0 Å². The van der Waals surface area contributed by atoms with Gasteiger partial charge < -0.3 is 10.5 Å². The summed E-state index contributed by atoms with van der Waals surface area (Å²) >= 11 is 12.1. The first kappa shape index (κ1) is 15.7. The van der Waals surface area contributed by atoms with E-state index >= 15 is 0 Å². The number of nitriles is 1. The Balaban J connectivity index is 2.21. The molecule has 118 valence electrons. The van der Waals surface area contributed by atoms with E-state index < -0.39 is 0 Å². The third-order valence-corrected chi connectivity index (χ3v) is 4.53. The van der Waals surface area contributed by atoms with Crippen molar-refractivity contribution in [3.8, 4) is 11.9 Å². The van der Waals surface area contributed by atoms with Gasteiger partial charge in [-0.2, -0.15) is 5.26 Å². The van der Waals surface area contributed by atoms with Crippen LogP contribution in [-0.2, 0) is 6.42 Å². The Morgan fingerprint density at radius 3 is 2.83 bits per heavy atom. The first-order valence-corrected chi connectivity index (χ1v) is 7.92. The number of nitrogens with two attached hydrogens (primary N) is 1. The van der Waals surface area contributed by atoms with Crippen LogP contribution >= 0.6 is 23.2 Å². The van der Waals surface area contributed by atoms with E-state index in [1.165, 1.54) is 0 Å². The van der Waals surface area contributed by atoms with Crippen molar-refractivity contribution >= 4 is 23.2 Å². The fraction of sp³-hybridized carbons (Fsp3) is 0.250. The summed E-state index contributed by atoms with van der Waals surface area (Å²) in [6, 6.07) is 7.44. The molecule has 0 radical (unpaired) electrons. The van der Waals surface area contributed by atoms with Crippen LogP contribution in [0.15, 0.2) is 29.7 Å². The Labute approximate surface area is 143 Å². The largest absolute Gasteiger partial charge is 0.420 e. The standard InChI is InChI=1S/C16H14Cl2N4O/c1-2-3-12-14-13(8-4-5-10(17)11(18)6-8)9(7-19)15(20)23-16(14)22-21-12/h4-6,13H,2-3,20H2,1H3,(H,21,22)/t13-/m0/s1. The molecule has 1 aliphatic heterocycles. The number of nitrogens with one attached hydrogen (secondary N) is 1. The van der Waals surface area contributed by atoms with Gasteiger partial charge in [0.05, 0.1) is 16.0 Å². The lowest BCUT2D eigenvalue weighted by atomic mass is 9.83. The zero-order valence-corrected chi connectivity index (χ0v) is 13.9. The van der Waals surface area contributed by atoms with E-state index in [0.29, 0.717) is 21.5 Å². The van der Waals surface area contributed by atoms with E-state index in [-0.39, 0.29) is 11.8 Å². The number of ether oxygens (including phenoxy) is 1. The molecule has 1 aromatic carbocycles. The van der Waals surface area contributed by atoms with Gasteiger partial charge in [0, 0.05) is 11.3 Å². The van der Waals surface area contributed by atoms with Crippen LogP contribution in [0.25, 0.3) is 0 Å². The number of nitrogens with zero attached hydrogens (tertiary/aromatic N) is 2. The molecule has 7 heteroatoms. The average Bonchev–Trinajstić information content (AvgIpc) is 2.91. The van der Waals surface area contributed by atoms with Crippen molar-refractivity contribution in [3.63, 3.8) is 0 Å². The molecule has 2 heterocycles. The molecule has 5 nitrogen and oxygen atoms in total. The van der Waals surface area contributed by atoms with Crippen LogP contribution < -0.4 is 10.5 Å². The second-order valence-corrected chi connectivity index (χ2v) is 6.08. The fourth-order valence-electron chi connectivity index (χ4n) is 2.77. The van der Waals surface area contributed by atoms with Crippen LogP contribution in [0.4, 0.5) is 0 Å². The zero-order valence-electron chi connectivity index (χ0n) is 12.4. The average molecular weight is 349 g/mol. The minimum Gasteiger partial charge on any atom is -0.420 e. The minimum atomic E-state index is -0.376. The highest BCUT2D eigenvalue weighted by atomic mass is 35.5. The zero-order chi connectivity index (χ0) is 16.6. The summed E-state index contributed by atoms with van der Waals surface area (Å²) in [5, 5.41) is 17.6. The van der Waals surface area contributed by atoms with Crippen LogP contribution in [0, 0.1) is 11.3 Å². The van der Waals surface area contributed by atoms with Crippen molar-refractivity contribution in [3.05, 3.63) is 56.5 Å². The molecule has 23 heavy (non-hydrogen) atoms. The van der Waals surface area contributed by atoms with Gasteiger partial charge in [0.15, 0.2) is 0 Å². The summed E-state index contributed by atoms with van der Waals surface area (Å²) in [7, 11) is 0. The second-order valence-electron chi connectivity index (χ2n) is 5.27. The smallest absolute Gasteiger partial charge is 0.244 e. The molecule has 0 fully saturated rings. The molecule has 1 atom stereocenters. The minimum absolute atomic E-state index is 0.0608. The van der Waals surface area contributed by atoms with Gasteiger partial charge >= 0.3 is 0 Å². The van der Waals surface area contributed by atoms with E-state index in [0.717, 1.165) is 29.7 Å². The Bertz CT molecular complexity index is 835. The lowest BCUT2D eigenvalue weighted by Gasteiger charge is -2.24. The number of allylic oxidation sites excluding steroid dienone is 1. The van der Waals surface area contributed by atoms with Crippen molar-refractivity contribution in [2.75, 3.05) is 0 Å². The number of aromatic nitrogens is 2. The van der Waals surface area contributed by atoms with Gasteiger partial charge in [-0.05, 0) is 24.1 Å². The SMILES string of the molecule is CCCc1[nH]nc2c1[C@@H](c1ccc(Cl)c(Cl)c1)C(C#N)=C(N)O2. The monoisotopic (exact) mass is 348 g/mol. The number of hydrogen-bond donors (Lipinski definition) is 2. The quantitative estimate of drug-likeness (QED) is 0.880. The van der Waals surface area contributed by atoms with Crippen molar-refractivity contribution in [1.29, 1.82) is 5.26 Å². The van der Waals surface area contributed by atoms with E-state index in [1.807, 2.05) is 6.07 Å². The summed E-state index contributed by atoms with van der Waals surface area (Å²) < 4.78 is 5.50. The van der Waals surface area contributed by atoms with Crippen LogP contribution in [-0.4, -0.2) is 10.2 Å². The van der Waals surface area contributed by atoms with Crippen LogP contribution in [0.2, 0.25) is 10.0 Å². The number of hydrogen-bond acceptors (Lipinski definition) is 4. The van der Waals surface area contributed by atoms with E-state index in [1.54, 1.807) is 12.1 Å². The number of benzene rings is 1. The molecule has 0 spiro atoms. The van der Waals surface area contributed by atoms with E-state index in [4.69, 9.17) is 33.7 Å². The van der Waals surface area contributed by atoms with Crippen molar-refractivity contribution in [2.45, 2.75) is 25.7 Å². The van der Waals surface area contributed by atoms with Gasteiger partial charge in [-0.1, -0.05) is 42.6 Å². The number of halogens is 2. The third-order valence-electron chi connectivity index (χ3n) is 3.79. The van der Waals surface area contributed by atoms with Gasteiger partial charge in [-0.3, -0.25) is 5.10 Å². The first-order valence-electron chi connectivity index (χ1n) is 7.16. The highest BCUT2D eigenvalue weighted by Crippen LogP contribution is 2.44. The summed E-state index contributed by atoms with van der Waals surface area (Å²) in [5.41, 5.74) is 8.83. The number of aromatic amines is 1. The topological polar surface area (TPSA) is 87.7 Å². The normalized spacial score (nSPS) is 16.7. The molecular weight excluding hydrogens is 335 g/mol. The molecule has 0 saturated heterocycles. The van der Waals surface area contributed by atoms with Gasteiger partial charge in [0.2, 0.25) is 11.8 Å². The summed E-state index contributed by atoms with van der Waals surface area (Å²) in [4.78, 5) is 0. The predicted octanol–water partition coefficient (Wildman–Crippen LogP) is 3.89. The third kappa shape index (κ3) is 2.65. The first-order chi connectivity index (χ1) is 11.1. The summed E-state index contributed by atoms with van der Waals surface area (Å²) in [5.74, 6) is 0.0884. The molecule has 2 aromatic rings. The Morgan fingerprint density at radius 1 is 1.39 bits per heavy atom. The van der Waals surface area contributed by atoms with Gasteiger partial charge in [-0.25, -0.2) is 0 Å². The number of H-pyrrole nitrogens is 1. The predicted molar refractivity (Wildman–Crippen MR) is 88.3 cm³/mol. The highest BCUT2D eigenvalue weighted by molar-refractivity contribution is 6.42. The Morgan fingerprint density at radius 2 is 2.17 bits per heavy atom. The molecule has 3 rings (SSSR count). The highest BCUT2D eigenvalue weighted by Gasteiger charge is 2.35. The molecule has 1 aromatic heterocycles. The van der Waals surface area contributed by atoms with Crippen LogP contribution in [0.5, 0.6) is 5.88 Å². The van der Waals surface area contributed by atoms with Crippen molar-refractivity contribution in [1.82, 2.24) is 10.2 Å². The summed E-state index contributed by atoms with van der Waals surface area (Å²) in [6.45, 7) is 2.07. The molecule has 0 saturated carbocycles. The van der Waals surface area contributed by atoms with E-state index in [2.05, 4.69) is 23.2 Å². The molecular formula is C16H14Cl2N4O. The molecule has 0 amide bonds. The molecule has 0 aliphatic carbocycles. The maximum absolute atomic E-state index is 9.54. The maximum Gasteiger partial charge on any atom is 0.244 e. The second kappa shape index (κ2) is 6.15. The van der Waals surface area contributed by atoms with E-state index in [9.17, 15) is 5.26 Å². The Kier molecular flexibility index (Phi) is 4.20.